The van der Waals surface area contributed by atoms with Crippen molar-refractivity contribution in [2.24, 2.45) is 11.7 Å². The van der Waals surface area contributed by atoms with Gasteiger partial charge in [-0.25, -0.2) is 0 Å². The zero-order valence-corrected chi connectivity index (χ0v) is 12.3. The normalized spacial score (nSPS) is 19.2. The predicted octanol–water partition coefficient (Wildman–Crippen LogP) is 1.84. The molecule has 1 atom stereocenters. The van der Waals surface area contributed by atoms with E-state index in [9.17, 15) is 0 Å². The molecule has 2 N–H and O–H groups in total. The number of halogens is 1. The maximum absolute atomic E-state index is 6.22. The number of rotatable bonds is 4. The Morgan fingerprint density at radius 2 is 2.21 bits per heavy atom. The lowest BCUT2D eigenvalue weighted by atomic mass is 10.1. The highest BCUT2D eigenvalue weighted by atomic mass is 35.5. The number of aromatic nitrogens is 1. The Bertz CT molecular complexity index is 399. The minimum Gasteiger partial charge on any atom is -0.369 e. The van der Waals surface area contributed by atoms with Crippen molar-refractivity contribution in [1.82, 2.24) is 9.88 Å². The lowest BCUT2D eigenvalue weighted by Crippen LogP contribution is -2.35. The predicted molar refractivity (Wildman–Crippen MR) is 80.7 cm³/mol. The lowest BCUT2D eigenvalue weighted by molar-refractivity contribution is 0.255. The molecule has 1 fully saturated rings. The van der Waals surface area contributed by atoms with E-state index in [1.165, 1.54) is 0 Å². The molecule has 0 bridgehead atoms. The fraction of sp³-hybridized carbons (Fsp3) is 0.643. The Balaban J connectivity index is 1.95. The van der Waals surface area contributed by atoms with Crippen molar-refractivity contribution >= 4 is 17.3 Å². The Kier molecular flexibility index (Phi) is 5.43. The first-order valence-corrected chi connectivity index (χ1v) is 7.35. The minimum atomic E-state index is 0.566. The largest absolute Gasteiger partial charge is 0.369 e. The average Bonchev–Trinajstić information content (AvgIpc) is 2.65. The third kappa shape index (κ3) is 4.06. The van der Waals surface area contributed by atoms with Gasteiger partial charge in [-0.3, -0.25) is 4.98 Å². The molecular weight excluding hydrogens is 260 g/mol. The maximum atomic E-state index is 6.22. The molecule has 2 rings (SSSR count). The van der Waals surface area contributed by atoms with E-state index >= 15 is 0 Å². The Labute approximate surface area is 120 Å². The van der Waals surface area contributed by atoms with Gasteiger partial charge in [0.2, 0.25) is 0 Å². The van der Waals surface area contributed by atoms with Gasteiger partial charge in [-0.15, -0.1) is 0 Å². The number of hydrogen-bond donors (Lipinski definition) is 1. The van der Waals surface area contributed by atoms with Crippen LogP contribution >= 0.6 is 11.6 Å². The average molecular weight is 283 g/mol. The minimum absolute atomic E-state index is 0.566. The molecule has 0 aliphatic carbocycles. The van der Waals surface area contributed by atoms with Crippen molar-refractivity contribution in [2.45, 2.75) is 13.3 Å². The van der Waals surface area contributed by atoms with Gasteiger partial charge in [0.15, 0.2) is 0 Å². The van der Waals surface area contributed by atoms with Gasteiger partial charge in [-0.05, 0) is 31.5 Å². The highest BCUT2D eigenvalue weighted by Crippen LogP contribution is 2.25. The summed E-state index contributed by atoms with van der Waals surface area (Å²) >= 11 is 6.22. The van der Waals surface area contributed by atoms with Gasteiger partial charge in [0.1, 0.15) is 0 Å². The van der Waals surface area contributed by atoms with Gasteiger partial charge in [-0.1, -0.05) is 18.5 Å². The Morgan fingerprint density at radius 1 is 1.37 bits per heavy atom. The Hall–Kier alpha value is -0.840. The highest BCUT2D eigenvalue weighted by Gasteiger charge is 2.17. The van der Waals surface area contributed by atoms with E-state index in [1.54, 1.807) is 12.4 Å². The summed E-state index contributed by atoms with van der Waals surface area (Å²) in [6.45, 7) is 8.35. The fourth-order valence-electron chi connectivity index (χ4n) is 2.53. The van der Waals surface area contributed by atoms with Gasteiger partial charge >= 0.3 is 0 Å². The molecule has 2 heterocycles. The molecule has 1 aliphatic rings. The van der Waals surface area contributed by atoms with E-state index < -0.39 is 0 Å². The molecule has 1 unspecified atom stereocenters. The molecule has 0 amide bonds. The monoisotopic (exact) mass is 282 g/mol. The number of nitrogens with two attached hydrogens (primary N) is 1. The molecule has 0 saturated carbocycles. The van der Waals surface area contributed by atoms with E-state index in [2.05, 4.69) is 21.7 Å². The zero-order chi connectivity index (χ0) is 13.7. The summed E-state index contributed by atoms with van der Waals surface area (Å²) in [6.07, 6.45) is 4.69. The van der Waals surface area contributed by atoms with Crippen LogP contribution in [0.5, 0.6) is 0 Å². The van der Waals surface area contributed by atoms with Crippen LogP contribution in [0.3, 0.4) is 0 Å². The second-order valence-electron chi connectivity index (χ2n) is 5.31. The summed E-state index contributed by atoms with van der Waals surface area (Å²) in [5, 5.41) is 0.742. The first kappa shape index (κ1) is 14.6. The summed E-state index contributed by atoms with van der Waals surface area (Å²) in [6, 6.07) is 2.00. The topological polar surface area (TPSA) is 45.4 Å². The highest BCUT2D eigenvalue weighted by molar-refractivity contribution is 6.33. The quantitative estimate of drug-likeness (QED) is 0.915. The summed E-state index contributed by atoms with van der Waals surface area (Å²) in [5.74, 6) is 0.566. The first-order valence-electron chi connectivity index (χ1n) is 6.97. The third-order valence-corrected chi connectivity index (χ3v) is 3.94. The van der Waals surface area contributed by atoms with Gasteiger partial charge in [0, 0.05) is 38.6 Å². The molecule has 0 radical (unpaired) electrons. The summed E-state index contributed by atoms with van der Waals surface area (Å²) in [5.41, 5.74) is 6.81. The smallest absolute Gasteiger partial charge is 0.0822 e. The van der Waals surface area contributed by atoms with Crippen LogP contribution in [0.25, 0.3) is 0 Å². The maximum Gasteiger partial charge on any atom is 0.0822 e. The molecule has 1 aliphatic heterocycles. The molecule has 5 heteroatoms. The van der Waals surface area contributed by atoms with Crippen molar-refractivity contribution < 1.29 is 0 Å². The van der Waals surface area contributed by atoms with Crippen LogP contribution in [-0.2, 0) is 0 Å². The van der Waals surface area contributed by atoms with Crippen LogP contribution in [0, 0.1) is 5.92 Å². The van der Waals surface area contributed by atoms with E-state index in [1.807, 2.05) is 6.07 Å². The fourth-order valence-corrected chi connectivity index (χ4v) is 2.77. The third-order valence-electron chi connectivity index (χ3n) is 3.65. The molecule has 1 saturated heterocycles. The number of nitrogens with zero attached hydrogens (tertiary/aromatic N) is 3. The van der Waals surface area contributed by atoms with Gasteiger partial charge in [0.05, 0.1) is 10.7 Å². The van der Waals surface area contributed by atoms with Crippen molar-refractivity contribution in [3.8, 4) is 0 Å². The summed E-state index contributed by atoms with van der Waals surface area (Å²) in [7, 11) is 0. The number of anilines is 1. The van der Waals surface area contributed by atoms with E-state index in [-0.39, 0.29) is 0 Å². The molecule has 4 nitrogen and oxygen atoms in total. The van der Waals surface area contributed by atoms with Crippen molar-refractivity contribution in [1.29, 1.82) is 0 Å². The van der Waals surface area contributed by atoms with Gasteiger partial charge in [-0.2, -0.15) is 0 Å². The molecule has 1 aromatic rings. The summed E-state index contributed by atoms with van der Waals surface area (Å²) < 4.78 is 0. The second-order valence-corrected chi connectivity index (χ2v) is 5.72. The van der Waals surface area contributed by atoms with Crippen LogP contribution in [-0.4, -0.2) is 49.2 Å². The van der Waals surface area contributed by atoms with Crippen molar-refractivity contribution in [3.05, 3.63) is 23.5 Å². The van der Waals surface area contributed by atoms with Crippen LogP contribution in [0.1, 0.15) is 13.3 Å². The molecule has 0 spiro atoms. The van der Waals surface area contributed by atoms with E-state index in [0.717, 1.165) is 56.4 Å². The van der Waals surface area contributed by atoms with Crippen LogP contribution in [0.2, 0.25) is 5.02 Å². The molecule has 19 heavy (non-hydrogen) atoms. The van der Waals surface area contributed by atoms with Crippen molar-refractivity contribution in [2.75, 3.05) is 44.2 Å². The molecule has 1 aromatic heterocycles. The van der Waals surface area contributed by atoms with Crippen LogP contribution in [0.15, 0.2) is 18.5 Å². The SMILES string of the molecule is CC(CN)CN1CCCN(c2ccncc2Cl)CC1. The number of pyridine rings is 1. The molecule has 0 aromatic carbocycles. The standard InChI is InChI=1S/C14H23ClN4/c1-12(9-16)11-18-5-2-6-19(8-7-18)14-3-4-17-10-13(14)15/h3-4,10,12H,2,5-9,11,16H2,1H3. The van der Waals surface area contributed by atoms with Crippen molar-refractivity contribution in [3.63, 3.8) is 0 Å². The Morgan fingerprint density at radius 3 is 2.95 bits per heavy atom. The first-order chi connectivity index (χ1) is 9.20. The second kappa shape index (κ2) is 7.08. The van der Waals surface area contributed by atoms with Crippen LogP contribution in [0.4, 0.5) is 5.69 Å². The molecular formula is C14H23ClN4. The van der Waals surface area contributed by atoms with Crippen LogP contribution < -0.4 is 10.6 Å². The summed E-state index contributed by atoms with van der Waals surface area (Å²) in [4.78, 5) is 8.91. The van der Waals surface area contributed by atoms with Gasteiger partial charge in [0.25, 0.3) is 0 Å². The van der Waals surface area contributed by atoms with E-state index in [0.29, 0.717) is 5.92 Å². The lowest BCUT2D eigenvalue weighted by Gasteiger charge is -2.25. The van der Waals surface area contributed by atoms with Gasteiger partial charge < -0.3 is 15.5 Å². The van der Waals surface area contributed by atoms with E-state index in [4.69, 9.17) is 17.3 Å². The zero-order valence-electron chi connectivity index (χ0n) is 11.6. The molecule has 106 valence electrons. The number of hydrogen-bond acceptors (Lipinski definition) is 4.